The van der Waals surface area contributed by atoms with Crippen molar-refractivity contribution in [2.75, 3.05) is 27.2 Å². The summed E-state index contributed by atoms with van der Waals surface area (Å²) in [5, 5.41) is 3.13. The van der Waals surface area contributed by atoms with Crippen LogP contribution in [0.2, 0.25) is 0 Å². The summed E-state index contributed by atoms with van der Waals surface area (Å²) < 4.78 is 0. The molecule has 0 amide bonds. The fourth-order valence-electron chi connectivity index (χ4n) is 1.72. The van der Waals surface area contributed by atoms with Crippen molar-refractivity contribution in [1.82, 2.24) is 15.6 Å². The van der Waals surface area contributed by atoms with E-state index < -0.39 is 0 Å². The van der Waals surface area contributed by atoms with Crippen molar-refractivity contribution in [3.8, 4) is 0 Å². The molecule has 0 aliphatic rings. The Labute approximate surface area is 109 Å². The molecule has 18 heavy (non-hydrogen) atoms. The van der Waals surface area contributed by atoms with E-state index in [0.717, 1.165) is 26.1 Å². The number of guanidine groups is 1. The van der Waals surface area contributed by atoms with Gasteiger partial charge in [0.2, 0.25) is 5.96 Å². The number of hydrogen-bond donors (Lipinski definition) is 3. The van der Waals surface area contributed by atoms with Gasteiger partial charge in [-0.25, -0.2) is 5.84 Å². The summed E-state index contributed by atoms with van der Waals surface area (Å²) in [6.07, 6.45) is 1.05. The number of aliphatic imine (C=N–C) groups is 1. The van der Waals surface area contributed by atoms with Crippen molar-refractivity contribution >= 4 is 5.96 Å². The molecule has 0 saturated carbocycles. The predicted octanol–water partition coefficient (Wildman–Crippen LogP) is 0.547. The van der Waals surface area contributed by atoms with Gasteiger partial charge in [-0.15, -0.1) is 0 Å². The summed E-state index contributed by atoms with van der Waals surface area (Å²) in [7, 11) is 3.83. The van der Waals surface area contributed by atoms with Crippen molar-refractivity contribution < 1.29 is 0 Å². The van der Waals surface area contributed by atoms with Gasteiger partial charge in [0.05, 0.1) is 0 Å². The smallest absolute Gasteiger partial charge is 0.205 e. The average molecular weight is 249 g/mol. The molecule has 0 bridgehead atoms. The Hall–Kier alpha value is -1.59. The summed E-state index contributed by atoms with van der Waals surface area (Å²) >= 11 is 0. The fraction of sp³-hybridized carbons (Fsp3) is 0.462. The van der Waals surface area contributed by atoms with Crippen molar-refractivity contribution in [1.29, 1.82) is 0 Å². The third kappa shape index (κ3) is 5.65. The van der Waals surface area contributed by atoms with E-state index in [-0.39, 0.29) is 0 Å². The summed E-state index contributed by atoms with van der Waals surface area (Å²) in [4.78, 5) is 6.25. The number of hydrogen-bond acceptors (Lipinski definition) is 3. The number of nitrogens with zero attached hydrogens (tertiary/aromatic N) is 2. The molecular weight excluding hydrogens is 226 g/mol. The van der Waals surface area contributed by atoms with Crippen LogP contribution >= 0.6 is 0 Å². The van der Waals surface area contributed by atoms with E-state index in [2.05, 4.69) is 51.9 Å². The molecule has 0 spiro atoms. The lowest BCUT2D eigenvalue weighted by Crippen LogP contribution is -2.42. The van der Waals surface area contributed by atoms with Gasteiger partial charge in [-0.3, -0.25) is 10.4 Å². The van der Waals surface area contributed by atoms with Gasteiger partial charge >= 0.3 is 0 Å². The number of nitrogens with two attached hydrogens (primary N) is 1. The summed E-state index contributed by atoms with van der Waals surface area (Å²) in [6.45, 7) is 2.87. The lowest BCUT2D eigenvalue weighted by Gasteiger charge is -2.17. The maximum atomic E-state index is 5.27. The zero-order valence-electron chi connectivity index (χ0n) is 11.2. The van der Waals surface area contributed by atoms with Crippen LogP contribution in [0.5, 0.6) is 0 Å². The molecule has 0 fully saturated rings. The lowest BCUT2D eigenvalue weighted by molar-refractivity contribution is 0.322. The highest BCUT2D eigenvalue weighted by molar-refractivity contribution is 5.78. The van der Waals surface area contributed by atoms with Crippen LogP contribution < -0.4 is 16.6 Å². The molecule has 0 aliphatic heterocycles. The molecule has 5 heteroatoms. The Bertz CT molecular complexity index is 350. The van der Waals surface area contributed by atoms with Crippen LogP contribution in [0, 0.1) is 0 Å². The molecule has 0 heterocycles. The highest BCUT2D eigenvalue weighted by Crippen LogP contribution is 2.02. The molecule has 1 aromatic carbocycles. The molecule has 1 rings (SSSR count). The van der Waals surface area contributed by atoms with Crippen LogP contribution in [0.1, 0.15) is 12.0 Å². The molecule has 4 N–H and O–H groups in total. The Morgan fingerprint density at radius 3 is 2.67 bits per heavy atom. The minimum Gasteiger partial charge on any atom is -0.355 e. The average Bonchev–Trinajstić information content (AvgIpc) is 2.40. The standard InChI is InChI=1S/C13H23N5/c1-15-13(17-14)16-9-6-10-18(2)11-12-7-4-3-5-8-12/h3-5,7-8H,6,9-11,14H2,1-2H3,(H2,15,16,17). The normalized spacial score (nSPS) is 11.7. The van der Waals surface area contributed by atoms with Gasteiger partial charge in [-0.2, -0.15) is 0 Å². The summed E-state index contributed by atoms with van der Waals surface area (Å²) in [5.74, 6) is 5.90. The number of hydrazine groups is 1. The highest BCUT2D eigenvalue weighted by Gasteiger charge is 2.00. The largest absolute Gasteiger partial charge is 0.355 e. The molecule has 100 valence electrons. The quantitative estimate of drug-likeness (QED) is 0.226. The fourth-order valence-corrected chi connectivity index (χ4v) is 1.72. The second kappa shape index (κ2) is 8.49. The van der Waals surface area contributed by atoms with E-state index in [1.807, 2.05) is 6.07 Å². The van der Waals surface area contributed by atoms with Crippen LogP contribution in [-0.2, 0) is 6.54 Å². The maximum Gasteiger partial charge on any atom is 0.205 e. The molecular formula is C13H23N5. The molecule has 0 atom stereocenters. The van der Waals surface area contributed by atoms with Crippen molar-refractivity contribution in [2.45, 2.75) is 13.0 Å². The van der Waals surface area contributed by atoms with Gasteiger partial charge in [0.25, 0.3) is 0 Å². The monoisotopic (exact) mass is 249 g/mol. The first-order valence-electron chi connectivity index (χ1n) is 6.16. The summed E-state index contributed by atoms with van der Waals surface area (Å²) in [6, 6.07) is 10.5. The van der Waals surface area contributed by atoms with Crippen LogP contribution in [0.25, 0.3) is 0 Å². The van der Waals surface area contributed by atoms with Gasteiger partial charge in [0, 0.05) is 20.1 Å². The molecule has 0 aliphatic carbocycles. The molecule has 0 unspecified atom stereocenters. The van der Waals surface area contributed by atoms with Gasteiger partial charge < -0.3 is 10.2 Å². The first-order valence-corrected chi connectivity index (χ1v) is 6.16. The molecule has 0 saturated heterocycles. The van der Waals surface area contributed by atoms with Crippen molar-refractivity contribution in [3.05, 3.63) is 35.9 Å². The van der Waals surface area contributed by atoms with E-state index in [4.69, 9.17) is 5.84 Å². The zero-order valence-corrected chi connectivity index (χ0v) is 11.2. The van der Waals surface area contributed by atoms with E-state index >= 15 is 0 Å². The van der Waals surface area contributed by atoms with Crippen molar-refractivity contribution in [3.63, 3.8) is 0 Å². The van der Waals surface area contributed by atoms with E-state index in [9.17, 15) is 0 Å². The van der Waals surface area contributed by atoms with Crippen molar-refractivity contribution in [2.24, 2.45) is 10.8 Å². The second-order valence-corrected chi connectivity index (χ2v) is 4.22. The predicted molar refractivity (Wildman–Crippen MR) is 76.1 cm³/mol. The van der Waals surface area contributed by atoms with Gasteiger partial charge in [0.1, 0.15) is 0 Å². The van der Waals surface area contributed by atoms with Crippen LogP contribution in [0.15, 0.2) is 35.3 Å². The molecule has 1 aromatic rings. The Balaban J connectivity index is 2.16. The number of nitrogens with one attached hydrogen (secondary N) is 2. The van der Waals surface area contributed by atoms with Crippen LogP contribution in [0.4, 0.5) is 0 Å². The first-order chi connectivity index (χ1) is 8.76. The maximum absolute atomic E-state index is 5.27. The highest BCUT2D eigenvalue weighted by atomic mass is 15.3. The Morgan fingerprint density at radius 1 is 1.33 bits per heavy atom. The summed E-state index contributed by atoms with van der Waals surface area (Å²) in [5.41, 5.74) is 3.85. The van der Waals surface area contributed by atoms with Gasteiger partial charge in [0.15, 0.2) is 0 Å². The minimum absolute atomic E-state index is 0.626. The van der Waals surface area contributed by atoms with Gasteiger partial charge in [-0.05, 0) is 25.6 Å². The van der Waals surface area contributed by atoms with E-state index in [0.29, 0.717) is 5.96 Å². The Kier molecular flexibility index (Phi) is 6.83. The topological polar surface area (TPSA) is 65.7 Å². The third-order valence-electron chi connectivity index (χ3n) is 2.66. The second-order valence-electron chi connectivity index (χ2n) is 4.22. The zero-order chi connectivity index (χ0) is 13.2. The minimum atomic E-state index is 0.626. The number of benzene rings is 1. The van der Waals surface area contributed by atoms with Crippen LogP contribution in [0.3, 0.4) is 0 Å². The lowest BCUT2D eigenvalue weighted by atomic mass is 10.2. The van der Waals surface area contributed by atoms with E-state index in [1.165, 1.54) is 5.56 Å². The first kappa shape index (κ1) is 14.5. The Morgan fingerprint density at radius 2 is 2.06 bits per heavy atom. The van der Waals surface area contributed by atoms with Crippen LogP contribution in [-0.4, -0.2) is 38.0 Å². The van der Waals surface area contributed by atoms with E-state index in [1.54, 1.807) is 7.05 Å². The van der Waals surface area contributed by atoms with Gasteiger partial charge in [-0.1, -0.05) is 30.3 Å². The molecule has 0 radical (unpaired) electrons. The number of rotatable bonds is 6. The molecule has 0 aromatic heterocycles. The SMILES string of the molecule is CN=C(NN)NCCCN(C)Cc1ccccc1. The molecule has 5 nitrogen and oxygen atoms in total. The third-order valence-corrected chi connectivity index (χ3v) is 2.66.